The number of phenols is 2. The first-order valence-corrected chi connectivity index (χ1v) is 10.5. The third kappa shape index (κ3) is 8.90. The zero-order valence-electron chi connectivity index (χ0n) is 18.6. The van der Waals surface area contributed by atoms with Crippen LogP contribution >= 0.6 is 0 Å². The van der Waals surface area contributed by atoms with Crippen molar-refractivity contribution in [3.8, 4) is 23.0 Å². The highest BCUT2D eigenvalue weighted by Gasteiger charge is 2.06. The summed E-state index contributed by atoms with van der Waals surface area (Å²) in [6.45, 7) is 4.44. The fourth-order valence-electron chi connectivity index (χ4n) is 2.64. The van der Waals surface area contributed by atoms with E-state index >= 15 is 0 Å². The molecule has 0 bridgehead atoms. The van der Waals surface area contributed by atoms with Gasteiger partial charge in [0.25, 0.3) is 0 Å². The molecule has 10 nitrogen and oxygen atoms in total. The average Bonchev–Trinajstić information content (AvgIpc) is 2.78. The number of hydrogen-bond donors (Lipinski definition) is 4. The van der Waals surface area contributed by atoms with Gasteiger partial charge in [0.05, 0.1) is 25.6 Å². The molecule has 4 N–H and O–H groups in total. The van der Waals surface area contributed by atoms with Crippen LogP contribution in [0.4, 0.5) is 0 Å². The number of hydrazone groups is 2. The molecule has 0 aliphatic heterocycles. The predicted octanol–water partition coefficient (Wildman–Crippen LogP) is 2.67. The molecule has 2 aromatic carbocycles. The second kappa shape index (κ2) is 13.4. The minimum atomic E-state index is -0.334. The van der Waals surface area contributed by atoms with E-state index in [1.807, 2.05) is 0 Å². The van der Waals surface area contributed by atoms with Crippen molar-refractivity contribution in [3.05, 3.63) is 47.5 Å². The Morgan fingerprint density at radius 2 is 1.24 bits per heavy atom. The van der Waals surface area contributed by atoms with Crippen molar-refractivity contribution in [2.24, 2.45) is 10.2 Å². The van der Waals surface area contributed by atoms with Gasteiger partial charge in [0.15, 0.2) is 23.0 Å². The molecular weight excluding hydrogens is 428 g/mol. The molecule has 0 atom stereocenters. The van der Waals surface area contributed by atoms with E-state index in [9.17, 15) is 19.8 Å². The number of benzene rings is 2. The Labute approximate surface area is 191 Å². The number of carbonyl (C=O) groups excluding carboxylic acids is 2. The van der Waals surface area contributed by atoms with E-state index in [0.29, 0.717) is 42.3 Å². The number of nitrogens with zero attached hydrogens (tertiary/aromatic N) is 2. The van der Waals surface area contributed by atoms with Gasteiger partial charge < -0.3 is 19.7 Å². The van der Waals surface area contributed by atoms with Gasteiger partial charge in [-0.05, 0) is 67.8 Å². The zero-order chi connectivity index (χ0) is 24.1. The maximum atomic E-state index is 11.9. The van der Waals surface area contributed by atoms with E-state index in [2.05, 4.69) is 21.1 Å². The monoisotopic (exact) mass is 456 g/mol. The molecule has 33 heavy (non-hydrogen) atoms. The van der Waals surface area contributed by atoms with Gasteiger partial charge in [-0.3, -0.25) is 9.59 Å². The number of carbonyl (C=O) groups is 2. The van der Waals surface area contributed by atoms with Gasteiger partial charge in [0.2, 0.25) is 11.8 Å². The van der Waals surface area contributed by atoms with Crippen LogP contribution in [-0.4, -0.2) is 47.7 Å². The lowest BCUT2D eigenvalue weighted by molar-refractivity contribution is -0.122. The first kappa shape index (κ1) is 25.2. The summed E-state index contributed by atoms with van der Waals surface area (Å²) >= 11 is 0. The molecule has 0 aromatic heterocycles. The van der Waals surface area contributed by atoms with Gasteiger partial charge in [0, 0.05) is 12.8 Å². The number of ether oxygens (including phenoxy) is 2. The van der Waals surface area contributed by atoms with Crippen molar-refractivity contribution in [2.75, 3.05) is 13.2 Å². The summed E-state index contributed by atoms with van der Waals surface area (Å²) in [5, 5.41) is 27.1. The summed E-state index contributed by atoms with van der Waals surface area (Å²) in [6.07, 6.45) is 3.42. The van der Waals surface area contributed by atoms with Crippen LogP contribution in [0.5, 0.6) is 23.0 Å². The first-order chi connectivity index (χ1) is 15.9. The van der Waals surface area contributed by atoms with Crippen LogP contribution in [0.15, 0.2) is 46.6 Å². The largest absolute Gasteiger partial charge is 0.504 e. The third-order valence-electron chi connectivity index (χ3n) is 4.18. The quantitative estimate of drug-likeness (QED) is 0.286. The molecule has 0 aliphatic rings. The van der Waals surface area contributed by atoms with Crippen LogP contribution < -0.4 is 20.3 Å². The first-order valence-electron chi connectivity index (χ1n) is 10.5. The van der Waals surface area contributed by atoms with Crippen LogP contribution in [0.25, 0.3) is 0 Å². The molecule has 0 unspecified atom stereocenters. The molecule has 0 heterocycles. The van der Waals surface area contributed by atoms with Crippen molar-refractivity contribution >= 4 is 24.2 Å². The molecule has 176 valence electrons. The van der Waals surface area contributed by atoms with E-state index in [1.165, 1.54) is 24.6 Å². The summed E-state index contributed by atoms with van der Waals surface area (Å²) in [7, 11) is 0. The molecule has 2 aromatic rings. The van der Waals surface area contributed by atoms with E-state index in [1.54, 1.807) is 38.1 Å². The predicted molar refractivity (Wildman–Crippen MR) is 124 cm³/mol. The fraction of sp³-hybridized carbons (Fsp3) is 0.304. The van der Waals surface area contributed by atoms with Crippen LogP contribution in [-0.2, 0) is 9.59 Å². The second-order valence-corrected chi connectivity index (χ2v) is 6.76. The van der Waals surface area contributed by atoms with Gasteiger partial charge in [-0.25, -0.2) is 10.9 Å². The van der Waals surface area contributed by atoms with Crippen LogP contribution in [0.2, 0.25) is 0 Å². The van der Waals surface area contributed by atoms with Crippen molar-refractivity contribution in [1.82, 2.24) is 10.9 Å². The number of amides is 2. The lowest BCUT2D eigenvalue weighted by atomic mass is 10.2. The molecule has 10 heteroatoms. The number of rotatable bonds is 12. The molecule has 0 saturated carbocycles. The summed E-state index contributed by atoms with van der Waals surface area (Å²) in [4.78, 5) is 23.7. The minimum absolute atomic E-state index is 0.0268. The van der Waals surface area contributed by atoms with Crippen molar-refractivity contribution in [2.45, 2.75) is 33.1 Å². The lowest BCUT2D eigenvalue weighted by Gasteiger charge is -2.06. The van der Waals surface area contributed by atoms with Crippen molar-refractivity contribution < 1.29 is 29.3 Å². The molecule has 0 aliphatic carbocycles. The highest BCUT2D eigenvalue weighted by molar-refractivity contribution is 5.84. The van der Waals surface area contributed by atoms with Crippen molar-refractivity contribution in [3.63, 3.8) is 0 Å². The lowest BCUT2D eigenvalue weighted by Crippen LogP contribution is -2.20. The van der Waals surface area contributed by atoms with E-state index in [4.69, 9.17) is 9.47 Å². The molecule has 2 amide bonds. The Hall–Kier alpha value is -4.08. The molecule has 0 spiro atoms. The highest BCUT2D eigenvalue weighted by atomic mass is 16.5. The molecule has 2 rings (SSSR count). The number of phenolic OH excluding ortho intramolecular Hbond substituents is 2. The zero-order valence-corrected chi connectivity index (χ0v) is 18.6. The van der Waals surface area contributed by atoms with Crippen LogP contribution in [0.3, 0.4) is 0 Å². The molecular formula is C23H28N4O6. The maximum absolute atomic E-state index is 11.9. The second-order valence-electron chi connectivity index (χ2n) is 6.76. The summed E-state index contributed by atoms with van der Waals surface area (Å²) in [6, 6.07) is 9.44. The molecule has 0 fully saturated rings. The Morgan fingerprint density at radius 3 is 1.64 bits per heavy atom. The topological polar surface area (TPSA) is 142 Å². The van der Waals surface area contributed by atoms with Gasteiger partial charge >= 0.3 is 0 Å². The normalized spacial score (nSPS) is 11.0. The summed E-state index contributed by atoms with van der Waals surface area (Å²) in [5.74, 6) is 0.0546. The van der Waals surface area contributed by atoms with Crippen molar-refractivity contribution in [1.29, 1.82) is 0 Å². The third-order valence-corrected chi connectivity index (χ3v) is 4.18. The Bertz CT molecular complexity index is 927. The van der Waals surface area contributed by atoms with Crippen LogP contribution in [0, 0.1) is 0 Å². The van der Waals surface area contributed by atoms with E-state index in [0.717, 1.165) is 0 Å². The average molecular weight is 456 g/mol. The van der Waals surface area contributed by atoms with Gasteiger partial charge in [-0.1, -0.05) is 0 Å². The Morgan fingerprint density at radius 1 is 0.818 bits per heavy atom. The number of aromatic hydroxyl groups is 2. The SMILES string of the molecule is CCOc1cc(/C=N\NC(=O)CCCC(=O)N/N=C/c2ccc(O)c(OCC)c2)ccc1O. The summed E-state index contributed by atoms with van der Waals surface area (Å²) in [5.41, 5.74) is 6.08. The highest BCUT2D eigenvalue weighted by Crippen LogP contribution is 2.26. The van der Waals surface area contributed by atoms with Crippen LogP contribution in [0.1, 0.15) is 44.2 Å². The summed E-state index contributed by atoms with van der Waals surface area (Å²) < 4.78 is 10.6. The fourth-order valence-corrected chi connectivity index (χ4v) is 2.64. The van der Waals surface area contributed by atoms with E-state index in [-0.39, 0.29) is 36.2 Å². The smallest absolute Gasteiger partial charge is 0.240 e. The van der Waals surface area contributed by atoms with Gasteiger partial charge in [0.1, 0.15) is 0 Å². The van der Waals surface area contributed by atoms with Gasteiger partial charge in [-0.2, -0.15) is 10.2 Å². The maximum Gasteiger partial charge on any atom is 0.240 e. The number of hydrogen-bond acceptors (Lipinski definition) is 8. The van der Waals surface area contributed by atoms with Gasteiger partial charge in [-0.15, -0.1) is 0 Å². The standard InChI is InChI=1S/C23H28N4O6/c1-3-32-20-12-16(8-10-18(20)28)14-24-26-22(30)6-5-7-23(31)27-25-15-17-9-11-19(29)21(13-17)33-4-2/h8-15,28-29H,3-7H2,1-2H3,(H,26,30)(H,27,31)/b24-14-,25-15+. The molecule has 0 radical (unpaired) electrons. The van der Waals surface area contributed by atoms with E-state index < -0.39 is 0 Å². The minimum Gasteiger partial charge on any atom is -0.504 e. The Balaban J connectivity index is 1.70. The Kier molecular flexibility index (Phi) is 10.2. The molecule has 0 saturated heterocycles. The number of nitrogens with one attached hydrogen (secondary N) is 2.